The number of rotatable bonds is 5. The van der Waals surface area contributed by atoms with Crippen LogP contribution in [0.2, 0.25) is 0 Å². The summed E-state index contributed by atoms with van der Waals surface area (Å²) in [7, 11) is 0. The molecular formula is C21H25N7. The highest BCUT2D eigenvalue weighted by Crippen LogP contribution is 2.46. The van der Waals surface area contributed by atoms with Crippen LogP contribution in [-0.2, 0) is 13.0 Å². The second kappa shape index (κ2) is 7.30. The zero-order chi connectivity index (χ0) is 18.9. The van der Waals surface area contributed by atoms with Crippen LogP contribution >= 0.6 is 0 Å². The topological polar surface area (TPSA) is 72.6 Å². The summed E-state index contributed by atoms with van der Waals surface area (Å²) in [6.07, 6.45) is 9.10. The van der Waals surface area contributed by atoms with Gasteiger partial charge in [-0.1, -0.05) is 31.2 Å². The van der Waals surface area contributed by atoms with Gasteiger partial charge in [-0.3, -0.25) is 0 Å². The number of hydrogen-bond acceptors (Lipinski definition) is 6. The molecule has 2 aliphatic rings. The average Bonchev–Trinajstić information content (AvgIpc) is 3.45. The maximum absolute atomic E-state index is 4.58. The fraction of sp³-hybridized carbons (Fsp3) is 0.476. The summed E-state index contributed by atoms with van der Waals surface area (Å²) < 4.78 is 1.75. The van der Waals surface area contributed by atoms with Crippen LogP contribution < -0.4 is 4.90 Å². The molecule has 0 radical (unpaired) electrons. The van der Waals surface area contributed by atoms with Gasteiger partial charge in [0.2, 0.25) is 5.95 Å². The molecule has 5 rings (SSSR count). The molecule has 3 atom stereocenters. The normalized spacial score (nSPS) is 23.9. The summed E-state index contributed by atoms with van der Waals surface area (Å²) >= 11 is 0. The Morgan fingerprint density at radius 2 is 1.68 bits per heavy atom. The van der Waals surface area contributed by atoms with Gasteiger partial charge >= 0.3 is 0 Å². The lowest BCUT2D eigenvalue weighted by Crippen LogP contribution is -2.23. The van der Waals surface area contributed by atoms with Gasteiger partial charge in [0.25, 0.3) is 0 Å². The first-order chi connectivity index (χ1) is 13.8. The van der Waals surface area contributed by atoms with Crippen LogP contribution in [0.3, 0.4) is 0 Å². The molecule has 0 amide bonds. The Labute approximate surface area is 164 Å². The fourth-order valence-electron chi connectivity index (χ4n) is 4.76. The van der Waals surface area contributed by atoms with E-state index in [9.17, 15) is 0 Å². The third-order valence-electron chi connectivity index (χ3n) is 6.32. The Hall–Kier alpha value is -2.83. The highest BCUT2D eigenvalue weighted by Gasteiger charge is 2.41. The standard InChI is InChI=1S/C21H25N7/c1-2-15-9-22-21(23-10-15)27-12-19-7-18(8-20(19)13-27)17-5-3-16(4-6-17)11-28-14-24-25-26-28/h3-6,9-10,14,18-20H,2,7-8,11-13H2,1H3/t18?,19-,20+. The molecule has 144 valence electrons. The van der Waals surface area contributed by atoms with Crippen molar-refractivity contribution in [3.63, 3.8) is 0 Å². The first kappa shape index (κ1) is 17.3. The van der Waals surface area contributed by atoms with Crippen LogP contribution in [0.25, 0.3) is 0 Å². The van der Waals surface area contributed by atoms with E-state index in [4.69, 9.17) is 0 Å². The van der Waals surface area contributed by atoms with Crippen molar-refractivity contribution in [2.45, 2.75) is 38.6 Å². The predicted molar refractivity (Wildman–Crippen MR) is 106 cm³/mol. The largest absolute Gasteiger partial charge is 0.340 e. The maximum Gasteiger partial charge on any atom is 0.225 e. The smallest absolute Gasteiger partial charge is 0.225 e. The van der Waals surface area contributed by atoms with Crippen molar-refractivity contribution >= 4 is 5.95 Å². The molecule has 1 unspecified atom stereocenters. The molecule has 3 heterocycles. The Morgan fingerprint density at radius 3 is 2.29 bits per heavy atom. The first-order valence-electron chi connectivity index (χ1n) is 10.1. The number of tetrazole rings is 1. The first-order valence-corrected chi connectivity index (χ1v) is 10.1. The van der Waals surface area contributed by atoms with Gasteiger partial charge in [-0.15, -0.1) is 5.10 Å². The Bertz CT molecular complexity index is 891. The van der Waals surface area contributed by atoms with Crippen LogP contribution in [-0.4, -0.2) is 43.3 Å². The molecule has 28 heavy (non-hydrogen) atoms. The highest BCUT2D eigenvalue weighted by molar-refractivity contribution is 5.34. The molecule has 7 heteroatoms. The lowest BCUT2D eigenvalue weighted by atomic mass is 9.95. The molecule has 2 aromatic heterocycles. The predicted octanol–water partition coefficient (Wildman–Crippen LogP) is 2.70. The van der Waals surface area contributed by atoms with Gasteiger partial charge in [0.1, 0.15) is 6.33 Å². The van der Waals surface area contributed by atoms with Gasteiger partial charge in [0.15, 0.2) is 0 Å². The maximum atomic E-state index is 4.58. The van der Waals surface area contributed by atoms with E-state index in [1.165, 1.54) is 29.5 Å². The Morgan fingerprint density at radius 1 is 0.964 bits per heavy atom. The van der Waals surface area contributed by atoms with Crippen molar-refractivity contribution in [1.29, 1.82) is 0 Å². The van der Waals surface area contributed by atoms with Gasteiger partial charge in [0, 0.05) is 25.5 Å². The van der Waals surface area contributed by atoms with Crippen molar-refractivity contribution in [2.24, 2.45) is 11.8 Å². The summed E-state index contributed by atoms with van der Waals surface area (Å²) in [5.41, 5.74) is 3.89. The second-order valence-corrected chi connectivity index (χ2v) is 8.09. The van der Waals surface area contributed by atoms with Crippen LogP contribution in [0, 0.1) is 11.8 Å². The van der Waals surface area contributed by atoms with Crippen molar-refractivity contribution in [3.05, 3.63) is 59.7 Å². The fourth-order valence-corrected chi connectivity index (χ4v) is 4.76. The van der Waals surface area contributed by atoms with E-state index >= 15 is 0 Å². The number of benzene rings is 1. The molecule has 3 aromatic rings. The van der Waals surface area contributed by atoms with Crippen LogP contribution in [0.1, 0.15) is 42.4 Å². The Balaban J connectivity index is 1.20. The van der Waals surface area contributed by atoms with E-state index in [1.54, 1.807) is 11.0 Å². The van der Waals surface area contributed by atoms with Gasteiger partial charge in [-0.25, -0.2) is 14.6 Å². The van der Waals surface area contributed by atoms with Gasteiger partial charge in [-0.05, 0) is 64.1 Å². The summed E-state index contributed by atoms with van der Waals surface area (Å²) in [5.74, 6) is 3.07. The van der Waals surface area contributed by atoms with E-state index in [2.05, 4.69) is 61.6 Å². The molecule has 0 N–H and O–H groups in total. The van der Waals surface area contributed by atoms with Crippen molar-refractivity contribution in [1.82, 2.24) is 30.2 Å². The van der Waals surface area contributed by atoms with Gasteiger partial charge < -0.3 is 4.90 Å². The number of hydrogen-bond donors (Lipinski definition) is 0. The van der Waals surface area contributed by atoms with Crippen LogP contribution in [0.15, 0.2) is 43.0 Å². The summed E-state index contributed by atoms with van der Waals surface area (Å²) in [6.45, 7) is 5.03. The summed E-state index contributed by atoms with van der Waals surface area (Å²) in [5, 5.41) is 11.3. The Kier molecular flexibility index (Phi) is 4.50. The average molecular weight is 375 g/mol. The molecule has 1 saturated heterocycles. The molecular weight excluding hydrogens is 350 g/mol. The molecule has 1 aliphatic heterocycles. The van der Waals surface area contributed by atoms with Crippen molar-refractivity contribution < 1.29 is 0 Å². The third kappa shape index (κ3) is 3.37. The van der Waals surface area contributed by atoms with Gasteiger partial charge in [-0.2, -0.15) is 0 Å². The number of aromatic nitrogens is 6. The second-order valence-electron chi connectivity index (χ2n) is 8.09. The molecule has 2 fully saturated rings. The minimum absolute atomic E-state index is 0.669. The monoisotopic (exact) mass is 375 g/mol. The molecule has 7 nitrogen and oxygen atoms in total. The van der Waals surface area contributed by atoms with E-state index in [0.717, 1.165) is 43.8 Å². The quantitative estimate of drug-likeness (QED) is 0.683. The number of anilines is 1. The minimum Gasteiger partial charge on any atom is -0.340 e. The SMILES string of the molecule is CCc1cnc(N2C[C@H]3CC(c4ccc(Cn5cnnn5)cc4)C[C@H]3C2)nc1. The van der Waals surface area contributed by atoms with E-state index < -0.39 is 0 Å². The minimum atomic E-state index is 0.669. The molecule has 0 bridgehead atoms. The summed E-state index contributed by atoms with van der Waals surface area (Å²) in [6, 6.07) is 8.99. The number of aryl methyl sites for hydroxylation is 1. The highest BCUT2D eigenvalue weighted by atomic mass is 15.5. The van der Waals surface area contributed by atoms with Crippen molar-refractivity contribution in [3.8, 4) is 0 Å². The zero-order valence-electron chi connectivity index (χ0n) is 16.1. The van der Waals surface area contributed by atoms with E-state index in [0.29, 0.717) is 5.92 Å². The molecule has 1 aromatic carbocycles. The molecule has 1 aliphatic carbocycles. The third-order valence-corrected chi connectivity index (χ3v) is 6.32. The van der Waals surface area contributed by atoms with Crippen LogP contribution in [0.4, 0.5) is 5.95 Å². The molecule has 0 spiro atoms. The summed E-state index contributed by atoms with van der Waals surface area (Å²) in [4.78, 5) is 11.5. The lowest BCUT2D eigenvalue weighted by molar-refractivity contribution is 0.494. The number of nitrogens with zero attached hydrogens (tertiary/aromatic N) is 7. The van der Waals surface area contributed by atoms with E-state index in [-0.39, 0.29) is 0 Å². The van der Waals surface area contributed by atoms with Gasteiger partial charge in [0.05, 0.1) is 6.54 Å². The molecule has 1 saturated carbocycles. The van der Waals surface area contributed by atoms with Crippen LogP contribution in [0.5, 0.6) is 0 Å². The van der Waals surface area contributed by atoms with Crippen molar-refractivity contribution in [2.75, 3.05) is 18.0 Å². The van der Waals surface area contributed by atoms with E-state index in [1.807, 2.05) is 12.4 Å². The lowest BCUT2D eigenvalue weighted by Gasteiger charge is -2.19. The number of fused-ring (bicyclic) bond motifs is 1. The zero-order valence-corrected chi connectivity index (χ0v) is 16.1.